The Morgan fingerprint density at radius 1 is 1.38 bits per heavy atom. The smallest absolute Gasteiger partial charge is 0.425 e. The summed E-state index contributed by atoms with van der Waals surface area (Å²) in [6, 6.07) is 9.91. The van der Waals surface area contributed by atoms with Gasteiger partial charge >= 0.3 is 11.8 Å². The Bertz CT molecular complexity index is 463. The van der Waals surface area contributed by atoms with Crippen molar-refractivity contribution in [3.63, 3.8) is 0 Å². The highest BCUT2D eigenvalue weighted by Crippen LogP contribution is 2.17. The number of carbonyl (C=O) groups is 1. The van der Waals surface area contributed by atoms with Gasteiger partial charge in [-0.05, 0) is 4.99 Å². The maximum absolute atomic E-state index is 11.4. The maximum atomic E-state index is 11.4. The first-order valence-corrected chi connectivity index (χ1v) is 5.01. The summed E-state index contributed by atoms with van der Waals surface area (Å²) in [7, 11) is 3.19. The molecule has 1 aliphatic rings. The second kappa shape index (κ2) is 4.26. The number of aliphatic imine (C=N–C) groups is 1. The Labute approximate surface area is 93.9 Å². The van der Waals surface area contributed by atoms with Crippen molar-refractivity contribution in [3.8, 4) is 0 Å². The van der Waals surface area contributed by atoms with Gasteiger partial charge < -0.3 is 4.74 Å². The number of hydrogen-bond acceptors (Lipinski definition) is 3. The molecule has 16 heavy (non-hydrogen) atoms. The van der Waals surface area contributed by atoms with Crippen LogP contribution in [0.3, 0.4) is 0 Å². The highest BCUT2D eigenvalue weighted by molar-refractivity contribution is 6.35. The fourth-order valence-corrected chi connectivity index (χ4v) is 1.71. The molecule has 0 spiro atoms. The van der Waals surface area contributed by atoms with Gasteiger partial charge in [0.1, 0.15) is 0 Å². The van der Waals surface area contributed by atoms with Crippen molar-refractivity contribution in [2.45, 2.75) is 6.04 Å². The van der Waals surface area contributed by atoms with Gasteiger partial charge in [-0.15, -0.1) is 0 Å². The lowest BCUT2D eigenvalue weighted by Gasteiger charge is -2.06. The predicted molar refractivity (Wildman–Crippen MR) is 60.9 cm³/mol. The molecular formula is C12H13N2O2+. The summed E-state index contributed by atoms with van der Waals surface area (Å²) < 4.78 is 6.46. The lowest BCUT2D eigenvalue weighted by Crippen LogP contribution is -2.23. The van der Waals surface area contributed by atoms with Crippen molar-refractivity contribution >= 4 is 18.0 Å². The number of hydrogen-bond donors (Lipinski definition) is 0. The van der Waals surface area contributed by atoms with Crippen molar-refractivity contribution < 1.29 is 14.1 Å². The standard InChI is InChI=1S/C12H13N2O2/c1-14-10(9-6-4-3-5-7-9)8-13-11(14)12(15)16-2/h3-8,10H,1-2H3/q+1. The molecule has 0 saturated carbocycles. The normalized spacial score (nSPS) is 19.0. The van der Waals surface area contributed by atoms with Crippen LogP contribution in [-0.4, -0.2) is 36.8 Å². The van der Waals surface area contributed by atoms with Crippen LogP contribution in [0.25, 0.3) is 0 Å². The summed E-state index contributed by atoms with van der Waals surface area (Å²) in [4.78, 5) is 15.5. The molecule has 0 bridgehead atoms. The minimum atomic E-state index is -0.405. The number of esters is 1. The molecule has 0 fully saturated rings. The molecule has 1 aromatic rings. The van der Waals surface area contributed by atoms with Crippen molar-refractivity contribution in [3.05, 3.63) is 35.9 Å². The topological polar surface area (TPSA) is 41.7 Å². The molecule has 82 valence electrons. The molecule has 1 aromatic carbocycles. The number of rotatable bonds is 2. The third kappa shape index (κ3) is 1.74. The Balaban J connectivity index is 2.33. The van der Waals surface area contributed by atoms with Gasteiger partial charge in [0.05, 0.1) is 14.2 Å². The van der Waals surface area contributed by atoms with Gasteiger partial charge in [0.2, 0.25) is 0 Å². The third-order valence-electron chi connectivity index (χ3n) is 2.60. The summed E-state index contributed by atoms with van der Waals surface area (Å²) in [6.07, 6.45) is 1.75. The van der Waals surface area contributed by atoms with E-state index in [1.54, 1.807) is 10.8 Å². The lowest BCUT2D eigenvalue weighted by molar-refractivity contribution is -0.520. The van der Waals surface area contributed by atoms with E-state index >= 15 is 0 Å². The Morgan fingerprint density at radius 3 is 2.69 bits per heavy atom. The molecule has 0 aliphatic carbocycles. The monoisotopic (exact) mass is 217 g/mol. The molecule has 0 amide bonds. The number of ether oxygens (including phenoxy) is 1. The summed E-state index contributed by atoms with van der Waals surface area (Å²) >= 11 is 0. The second-order valence-corrected chi connectivity index (χ2v) is 3.56. The van der Waals surface area contributed by atoms with Crippen LogP contribution in [0, 0.1) is 0 Å². The summed E-state index contributed by atoms with van der Waals surface area (Å²) in [6.45, 7) is 0. The largest absolute Gasteiger partial charge is 0.460 e. The molecule has 4 nitrogen and oxygen atoms in total. The van der Waals surface area contributed by atoms with Gasteiger partial charge in [0, 0.05) is 5.56 Å². The Hall–Kier alpha value is -1.97. The highest BCUT2D eigenvalue weighted by atomic mass is 16.5. The molecule has 0 N–H and O–H groups in total. The first-order chi connectivity index (χ1) is 7.74. The second-order valence-electron chi connectivity index (χ2n) is 3.56. The fourth-order valence-electron chi connectivity index (χ4n) is 1.71. The molecule has 1 atom stereocenters. The molecule has 2 rings (SSSR count). The number of carbonyl (C=O) groups excluding carboxylic acids is 1. The minimum absolute atomic E-state index is 0.00954. The molecule has 0 saturated heterocycles. The van der Waals surface area contributed by atoms with Crippen molar-refractivity contribution in [1.82, 2.24) is 0 Å². The van der Waals surface area contributed by atoms with E-state index in [1.807, 2.05) is 37.4 Å². The Kier molecular flexibility index (Phi) is 2.81. The molecule has 1 aliphatic heterocycles. The van der Waals surface area contributed by atoms with Gasteiger partial charge in [-0.3, -0.25) is 0 Å². The number of nitrogens with zero attached hydrogens (tertiary/aromatic N) is 2. The van der Waals surface area contributed by atoms with Crippen LogP contribution in [0.4, 0.5) is 0 Å². The summed E-state index contributed by atoms with van der Waals surface area (Å²) in [5.41, 5.74) is 1.10. The van der Waals surface area contributed by atoms with Crippen LogP contribution >= 0.6 is 0 Å². The maximum Gasteiger partial charge on any atom is 0.425 e. The average molecular weight is 217 g/mol. The quantitative estimate of drug-likeness (QED) is 0.548. The van der Waals surface area contributed by atoms with Crippen molar-refractivity contribution in [2.75, 3.05) is 14.2 Å². The molecule has 4 heteroatoms. The Morgan fingerprint density at radius 2 is 2.06 bits per heavy atom. The zero-order valence-corrected chi connectivity index (χ0v) is 9.25. The zero-order chi connectivity index (χ0) is 11.5. The number of methoxy groups -OCH3 is 1. The average Bonchev–Trinajstić information content (AvgIpc) is 2.71. The van der Waals surface area contributed by atoms with Crippen LogP contribution in [0.2, 0.25) is 0 Å². The SMILES string of the molecule is COC(=O)C1=[N+](C)C(c2ccccc2)C=N1. The van der Waals surface area contributed by atoms with E-state index in [9.17, 15) is 4.79 Å². The highest BCUT2D eigenvalue weighted by Gasteiger charge is 2.33. The van der Waals surface area contributed by atoms with Crippen LogP contribution in [0.15, 0.2) is 35.3 Å². The fraction of sp³-hybridized carbons (Fsp3) is 0.250. The number of benzene rings is 1. The molecular weight excluding hydrogens is 204 g/mol. The predicted octanol–water partition coefficient (Wildman–Crippen LogP) is 1.03. The van der Waals surface area contributed by atoms with E-state index in [0.717, 1.165) is 5.56 Å². The third-order valence-corrected chi connectivity index (χ3v) is 2.60. The van der Waals surface area contributed by atoms with E-state index < -0.39 is 5.97 Å². The lowest BCUT2D eigenvalue weighted by atomic mass is 10.1. The van der Waals surface area contributed by atoms with Crippen LogP contribution in [0.1, 0.15) is 11.6 Å². The van der Waals surface area contributed by atoms with Crippen LogP contribution < -0.4 is 0 Å². The molecule has 0 radical (unpaired) electrons. The summed E-state index contributed by atoms with van der Waals surface area (Å²) in [5, 5.41) is 0. The summed E-state index contributed by atoms with van der Waals surface area (Å²) in [5.74, 6) is -0.0615. The molecule has 0 aromatic heterocycles. The van der Waals surface area contributed by atoms with E-state index in [1.165, 1.54) is 7.11 Å². The molecule has 1 unspecified atom stereocenters. The van der Waals surface area contributed by atoms with Gasteiger partial charge in [0.15, 0.2) is 12.3 Å². The first kappa shape index (κ1) is 10.5. The number of amidine groups is 1. The van der Waals surface area contributed by atoms with Gasteiger partial charge in [0.25, 0.3) is 0 Å². The van der Waals surface area contributed by atoms with Crippen LogP contribution in [0.5, 0.6) is 0 Å². The van der Waals surface area contributed by atoms with Gasteiger partial charge in [-0.1, -0.05) is 30.3 Å². The van der Waals surface area contributed by atoms with Crippen LogP contribution in [-0.2, 0) is 9.53 Å². The van der Waals surface area contributed by atoms with E-state index in [0.29, 0.717) is 5.84 Å². The minimum Gasteiger partial charge on any atom is -0.460 e. The first-order valence-electron chi connectivity index (χ1n) is 5.01. The van der Waals surface area contributed by atoms with E-state index in [2.05, 4.69) is 9.73 Å². The van der Waals surface area contributed by atoms with E-state index in [4.69, 9.17) is 0 Å². The van der Waals surface area contributed by atoms with E-state index in [-0.39, 0.29) is 6.04 Å². The van der Waals surface area contributed by atoms with Gasteiger partial charge in [-0.25, -0.2) is 9.37 Å². The molecule has 1 heterocycles. The van der Waals surface area contributed by atoms with Gasteiger partial charge in [-0.2, -0.15) is 0 Å². The van der Waals surface area contributed by atoms with Crippen molar-refractivity contribution in [2.24, 2.45) is 4.99 Å². The van der Waals surface area contributed by atoms with Crippen molar-refractivity contribution in [1.29, 1.82) is 0 Å². The zero-order valence-electron chi connectivity index (χ0n) is 9.25.